The number of aromatic nitrogens is 2. The van der Waals surface area contributed by atoms with Crippen molar-refractivity contribution in [2.75, 3.05) is 37.0 Å². The van der Waals surface area contributed by atoms with Crippen LogP contribution in [0.1, 0.15) is 19.4 Å². The van der Waals surface area contributed by atoms with Crippen molar-refractivity contribution in [1.82, 2.24) is 14.5 Å². The molecule has 234 valence electrons. The molecule has 1 amide bonds. The zero-order valence-corrected chi connectivity index (χ0v) is 26.1. The molecule has 0 bridgehead atoms. The van der Waals surface area contributed by atoms with E-state index in [1.807, 2.05) is 0 Å². The van der Waals surface area contributed by atoms with Gasteiger partial charge in [-0.1, -0.05) is 17.1 Å². The van der Waals surface area contributed by atoms with Gasteiger partial charge in [0, 0.05) is 70.4 Å². The predicted molar refractivity (Wildman–Crippen MR) is 168 cm³/mol. The number of hydrogen-bond acceptors (Lipinski definition) is 6. The summed E-state index contributed by atoms with van der Waals surface area (Å²) in [6.07, 6.45) is -5.01. The molecule has 17 heteroatoms. The number of rotatable bonds is 3. The molecule has 3 aliphatic heterocycles. The molecule has 2 atom stereocenters. The van der Waals surface area contributed by atoms with Crippen LogP contribution in [0.3, 0.4) is 0 Å². The Morgan fingerprint density at radius 3 is 2.39 bits per heavy atom. The lowest BCUT2D eigenvalue weighted by molar-refractivity contribution is -0.137. The Hall–Kier alpha value is -2.97. The summed E-state index contributed by atoms with van der Waals surface area (Å²) < 4.78 is 81.2. The minimum absolute atomic E-state index is 0.00789. The molecule has 7 nitrogen and oxygen atoms in total. The van der Waals surface area contributed by atoms with E-state index in [0.717, 1.165) is 23.9 Å². The second-order valence-corrected chi connectivity index (χ2v) is 13.4. The molecule has 2 aromatic carbocycles. The van der Waals surface area contributed by atoms with Crippen molar-refractivity contribution in [3.63, 3.8) is 0 Å². The van der Waals surface area contributed by atoms with Crippen molar-refractivity contribution in [2.45, 2.75) is 43.5 Å². The molecule has 0 N–H and O–H groups in total. The number of benzene rings is 2. The maximum absolute atomic E-state index is 15.4. The number of ether oxygens (including phenoxy) is 1. The number of carbonyl (C=O) groups is 1. The molecule has 4 heterocycles. The van der Waals surface area contributed by atoms with Crippen LogP contribution in [0.4, 0.5) is 27.8 Å². The van der Waals surface area contributed by atoms with Crippen LogP contribution >= 0.6 is 23.4 Å². The lowest BCUT2D eigenvalue weighted by Gasteiger charge is -2.45. The molecule has 3 aliphatic rings. The number of carbonyl (C=O) groups excluding carboxylic acids is 1. The van der Waals surface area contributed by atoms with Gasteiger partial charge in [0.1, 0.15) is 25.3 Å². The van der Waals surface area contributed by atoms with Crippen LogP contribution < -0.4 is 10.6 Å². The molecule has 0 aliphatic carbocycles. The van der Waals surface area contributed by atoms with E-state index in [4.69, 9.17) is 39.9 Å². The summed E-state index contributed by atoms with van der Waals surface area (Å²) in [5.41, 5.74) is -3.81. The summed E-state index contributed by atoms with van der Waals surface area (Å²) in [5, 5.41) is -0.897. The number of hydrogen-bond donors (Lipinski definition) is 0. The molecular formula is C29H23B3ClF5N4O3S. The summed E-state index contributed by atoms with van der Waals surface area (Å²) >= 11 is 7.00. The lowest BCUT2D eigenvalue weighted by Crippen LogP contribution is -2.59. The van der Waals surface area contributed by atoms with Crippen molar-refractivity contribution in [3.8, 4) is 11.1 Å². The SMILES string of the molecule is [B]C([B])=C([B])C(=O)N1C[C@H](C)N(c2nc(=O)n3c4c(c(-c5cc(Cl)c(F)cc5F)c(C(F)(F)F)cc24)SCC2(COC2)C3)C[C@H]1C. The molecule has 3 aromatic rings. The highest BCUT2D eigenvalue weighted by molar-refractivity contribution is 7.99. The first kappa shape index (κ1) is 33.0. The van der Waals surface area contributed by atoms with Crippen molar-refractivity contribution in [3.05, 3.63) is 61.7 Å². The molecule has 0 unspecified atom stereocenters. The monoisotopic (exact) mass is 670 g/mol. The molecule has 46 heavy (non-hydrogen) atoms. The average Bonchev–Trinajstić information content (AvgIpc) is 3.15. The topological polar surface area (TPSA) is 67.7 Å². The van der Waals surface area contributed by atoms with Gasteiger partial charge in [-0.15, -0.1) is 11.8 Å². The van der Waals surface area contributed by atoms with Gasteiger partial charge in [-0.25, -0.2) is 13.6 Å². The zero-order valence-electron chi connectivity index (χ0n) is 24.6. The van der Waals surface area contributed by atoms with Crippen LogP contribution in [0.25, 0.3) is 22.0 Å². The fourth-order valence-corrected chi connectivity index (χ4v) is 7.85. The normalized spacial score (nSPS) is 20.9. The summed E-state index contributed by atoms with van der Waals surface area (Å²) in [7, 11) is 16.8. The molecule has 2 fully saturated rings. The number of thioether (sulfide) groups is 1. The van der Waals surface area contributed by atoms with Gasteiger partial charge in [-0.05, 0) is 26.0 Å². The Labute approximate surface area is 273 Å². The molecule has 2 saturated heterocycles. The van der Waals surface area contributed by atoms with Gasteiger partial charge in [0.25, 0.3) is 0 Å². The highest BCUT2D eigenvalue weighted by Crippen LogP contribution is 2.51. The third-order valence-corrected chi connectivity index (χ3v) is 10.4. The van der Waals surface area contributed by atoms with Gasteiger partial charge in [0.15, 0.2) is 0 Å². The minimum atomic E-state index is -5.01. The van der Waals surface area contributed by atoms with Crippen LogP contribution in [0.15, 0.2) is 38.7 Å². The minimum Gasteiger partial charge on any atom is -0.380 e. The van der Waals surface area contributed by atoms with E-state index in [9.17, 15) is 27.2 Å². The van der Waals surface area contributed by atoms with E-state index >= 15 is 4.39 Å². The quantitative estimate of drug-likeness (QED) is 0.180. The number of anilines is 1. The molecule has 1 aromatic heterocycles. The van der Waals surface area contributed by atoms with Crippen LogP contribution in [-0.2, 0) is 22.3 Å². The first-order valence-corrected chi connectivity index (χ1v) is 15.5. The Kier molecular flexibility index (Phi) is 8.33. The first-order chi connectivity index (χ1) is 21.5. The smallest absolute Gasteiger partial charge is 0.380 e. The van der Waals surface area contributed by atoms with E-state index in [1.165, 1.54) is 9.47 Å². The third-order valence-electron chi connectivity index (χ3n) is 8.68. The zero-order chi connectivity index (χ0) is 33.5. The van der Waals surface area contributed by atoms with E-state index in [2.05, 4.69) is 4.98 Å². The van der Waals surface area contributed by atoms with E-state index in [0.29, 0.717) is 6.07 Å². The van der Waals surface area contributed by atoms with Gasteiger partial charge in [-0.3, -0.25) is 9.36 Å². The predicted octanol–water partition coefficient (Wildman–Crippen LogP) is 4.24. The number of nitrogens with zero attached hydrogens (tertiary/aromatic N) is 4. The van der Waals surface area contributed by atoms with Crippen LogP contribution in [0.5, 0.6) is 0 Å². The highest BCUT2D eigenvalue weighted by Gasteiger charge is 2.45. The number of amides is 1. The van der Waals surface area contributed by atoms with Crippen LogP contribution in [-0.4, -0.2) is 88.0 Å². The molecule has 6 rings (SSSR count). The Morgan fingerprint density at radius 1 is 1.09 bits per heavy atom. The average molecular weight is 670 g/mol. The summed E-state index contributed by atoms with van der Waals surface area (Å²) in [5.74, 6) is -2.74. The standard InChI is InChI=1S/C29H23B3ClF5N4O3S/c1-12-7-41(26(43)21(30)24(31)32)13(2)6-40(12)25-15-3-16(29(36,37)38)20(14-4-17(33)19(35)5-18(14)34)23-22(15)42(27(44)39-25)8-28(11-46-23)9-45-10-28/h3-5,12-13H,6-11H2,1-2H3/t12-,13+/m0/s1. The maximum atomic E-state index is 15.4. The van der Waals surface area contributed by atoms with E-state index < -0.39 is 68.6 Å². The largest absolute Gasteiger partial charge is 0.417 e. The van der Waals surface area contributed by atoms with Gasteiger partial charge >= 0.3 is 11.9 Å². The van der Waals surface area contributed by atoms with Crippen LogP contribution in [0, 0.1) is 17.0 Å². The van der Waals surface area contributed by atoms with Crippen molar-refractivity contribution < 1.29 is 31.5 Å². The van der Waals surface area contributed by atoms with Gasteiger partial charge in [-0.2, -0.15) is 23.5 Å². The van der Waals surface area contributed by atoms with Crippen molar-refractivity contribution in [1.29, 1.82) is 0 Å². The number of alkyl halides is 3. The molecular weight excluding hydrogens is 647 g/mol. The molecule has 6 radical (unpaired) electrons. The summed E-state index contributed by atoms with van der Waals surface area (Å²) in [6.45, 7) is 4.19. The maximum Gasteiger partial charge on any atom is 0.417 e. The Morgan fingerprint density at radius 2 is 1.78 bits per heavy atom. The van der Waals surface area contributed by atoms with Gasteiger partial charge in [0.2, 0.25) is 5.91 Å². The molecule has 0 saturated carbocycles. The van der Waals surface area contributed by atoms with Gasteiger partial charge in [0.05, 0.1) is 45.0 Å². The third kappa shape index (κ3) is 5.43. The second kappa shape index (κ2) is 11.6. The number of halogens is 6. The van der Waals surface area contributed by atoms with Crippen LogP contribution in [0.2, 0.25) is 5.02 Å². The Bertz CT molecular complexity index is 1880. The summed E-state index contributed by atoms with van der Waals surface area (Å²) in [6, 6.07) is 1.02. The number of piperazine rings is 1. The summed E-state index contributed by atoms with van der Waals surface area (Å²) in [4.78, 5) is 34.2. The van der Waals surface area contributed by atoms with Crippen molar-refractivity contribution >= 4 is 69.5 Å². The molecule has 1 spiro atoms. The van der Waals surface area contributed by atoms with E-state index in [-0.39, 0.29) is 71.1 Å². The highest BCUT2D eigenvalue weighted by atomic mass is 35.5. The Balaban J connectivity index is 1.62. The second-order valence-electron chi connectivity index (χ2n) is 12.0. The fraction of sp³-hybridized carbons (Fsp3) is 0.414. The van der Waals surface area contributed by atoms with Gasteiger partial charge < -0.3 is 14.5 Å². The fourth-order valence-electron chi connectivity index (χ4n) is 6.26. The lowest BCUT2D eigenvalue weighted by atomic mass is 9.69. The van der Waals surface area contributed by atoms with E-state index in [1.54, 1.807) is 18.7 Å². The van der Waals surface area contributed by atoms with Crippen molar-refractivity contribution in [2.24, 2.45) is 5.41 Å². The first-order valence-electron chi connectivity index (χ1n) is 14.2.